The lowest BCUT2D eigenvalue weighted by Gasteiger charge is -1.94. The first-order valence-electron chi connectivity index (χ1n) is 2.73. The summed E-state index contributed by atoms with van der Waals surface area (Å²) in [4.78, 5) is 12.3. The molecule has 1 heterocycles. The van der Waals surface area contributed by atoms with Gasteiger partial charge in [-0.05, 0) is 0 Å². The van der Waals surface area contributed by atoms with Gasteiger partial charge in [0.25, 0.3) is 0 Å². The van der Waals surface area contributed by atoms with E-state index in [9.17, 15) is 4.79 Å². The molecule has 3 nitrogen and oxygen atoms in total. The number of rotatable bonds is 2. The topological polar surface area (TPSA) is 40.3 Å². The Hall–Kier alpha value is -0.570. The van der Waals surface area contributed by atoms with Gasteiger partial charge < -0.3 is 10.0 Å². The lowest BCUT2D eigenvalue weighted by Crippen LogP contribution is -2.11. The first kappa shape index (κ1) is 5.56. The summed E-state index contributed by atoms with van der Waals surface area (Å²) in [6.45, 7) is 1.76. The average molecular weight is 115 g/mol. The third kappa shape index (κ3) is 1.20. The van der Waals surface area contributed by atoms with Crippen molar-refractivity contribution in [3.8, 4) is 0 Å². The quantitative estimate of drug-likeness (QED) is 0.479. The fourth-order valence-electron chi connectivity index (χ4n) is 0.553. The molecule has 1 aliphatic heterocycles. The Balaban J connectivity index is 2.13. The molecule has 0 aromatic carbocycles. The number of hydrogen-bond acceptors (Lipinski definition) is 2. The van der Waals surface area contributed by atoms with Gasteiger partial charge >= 0.3 is 0 Å². The molecule has 0 atom stereocenters. The number of amides is 1. The van der Waals surface area contributed by atoms with Crippen molar-refractivity contribution in [3.05, 3.63) is 0 Å². The van der Waals surface area contributed by atoms with Crippen LogP contribution < -0.4 is 0 Å². The highest BCUT2D eigenvalue weighted by Crippen LogP contribution is 2.04. The fraction of sp³-hybridized carbons (Fsp3) is 0.800. The van der Waals surface area contributed by atoms with Gasteiger partial charge in [-0.25, -0.2) is 0 Å². The Labute approximate surface area is 47.9 Å². The van der Waals surface area contributed by atoms with Gasteiger partial charge in [-0.3, -0.25) is 4.79 Å². The summed E-state index contributed by atoms with van der Waals surface area (Å²) in [7, 11) is 0. The Morgan fingerprint density at radius 3 is 2.62 bits per heavy atom. The minimum atomic E-state index is -0.0185. The molecule has 1 rings (SSSR count). The first-order chi connectivity index (χ1) is 3.84. The van der Waals surface area contributed by atoms with Crippen LogP contribution in [0.5, 0.6) is 0 Å². The summed E-state index contributed by atoms with van der Waals surface area (Å²) in [6, 6.07) is 0. The minimum absolute atomic E-state index is 0.0185. The molecule has 3 heteroatoms. The first-order valence-corrected chi connectivity index (χ1v) is 2.73. The van der Waals surface area contributed by atoms with Gasteiger partial charge in [0.15, 0.2) is 0 Å². The van der Waals surface area contributed by atoms with Gasteiger partial charge in [-0.15, -0.1) is 0 Å². The van der Waals surface area contributed by atoms with Crippen molar-refractivity contribution in [2.24, 2.45) is 0 Å². The third-order valence-corrected chi connectivity index (χ3v) is 1.13. The van der Waals surface area contributed by atoms with E-state index in [0.29, 0.717) is 6.42 Å². The van der Waals surface area contributed by atoms with Crippen LogP contribution in [0.1, 0.15) is 6.42 Å². The molecule has 1 amide bonds. The Kier molecular flexibility index (Phi) is 1.48. The summed E-state index contributed by atoms with van der Waals surface area (Å²) in [5.74, 6) is 0.0764. The molecule has 0 saturated carbocycles. The van der Waals surface area contributed by atoms with Crippen LogP contribution in [0.4, 0.5) is 0 Å². The summed E-state index contributed by atoms with van der Waals surface area (Å²) >= 11 is 0. The largest absolute Gasteiger partial charge is 0.396 e. The molecule has 1 aliphatic rings. The Morgan fingerprint density at radius 1 is 1.62 bits per heavy atom. The van der Waals surface area contributed by atoms with E-state index in [1.807, 2.05) is 0 Å². The molecule has 1 fully saturated rings. The maximum Gasteiger partial charge on any atom is 0.225 e. The zero-order chi connectivity index (χ0) is 5.98. The molecule has 8 heavy (non-hydrogen) atoms. The van der Waals surface area contributed by atoms with Gasteiger partial charge in [0.05, 0.1) is 6.61 Å². The molecule has 1 saturated heterocycles. The SMILES string of the molecule is O=C(CCO)N1CC1. The molecule has 0 aliphatic carbocycles. The summed E-state index contributed by atoms with van der Waals surface area (Å²) < 4.78 is 0. The van der Waals surface area contributed by atoms with Crippen molar-refractivity contribution < 1.29 is 9.90 Å². The molecule has 0 aromatic rings. The number of aliphatic hydroxyl groups is 1. The molecule has 0 radical (unpaired) electrons. The highest BCUT2D eigenvalue weighted by Gasteiger charge is 2.22. The number of carbonyl (C=O) groups is 1. The van der Waals surface area contributed by atoms with Crippen LogP contribution in [0.3, 0.4) is 0 Å². The Bertz CT molecular complexity index is 98.6. The standard InChI is InChI=1S/C5H9NO2/c7-4-1-5(8)6-2-3-6/h7H,1-4H2. The molecule has 0 unspecified atom stereocenters. The van der Waals surface area contributed by atoms with Crippen LogP contribution in [0.2, 0.25) is 0 Å². The van der Waals surface area contributed by atoms with E-state index in [0.717, 1.165) is 13.1 Å². The van der Waals surface area contributed by atoms with Crippen LogP contribution >= 0.6 is 0 Å². The van der Waals surface area contributed by atoms with E-state index < -0.39 is 0 Å². The average Bonchev–Trinajstić information content (AvgIpc) is 2.45. The minimum Gasteiger partial charge on any atom is -0.396 e. The van der Waals surface area contributed by atoms with E-state index in [2.05, 4.69) is 0 Å². The number of carbonyl (C=O) groups excluding carboxylic acids is 1. The molecule has 1 N–H and O–H groups in total. The normalized spacial score (nSPS) is 16.4. The van der Waals surface area contributed by atoms with E-state index in [-0.39, 0.29) is 12.5 Å². The predicted molar refractivity (Wildman–Crippen MR) is 28.3 cm³/mol. The maximum absolute atomic E-state index is 10.6. The second-order valence-electron chi connectivity index (χ2n) is 1.85. The molecular formula is C5H9NO2. The van der Waals surface area contributed by atoms with E-state index >= 15 is 0 Å². The van der Waals surface area contributed by atoms with Crippen molar-refractivity contribution in [1.82, 2.24) is 4.90 Å². The predicted octanol–water partition coefficient (Wildman–Crippen LogP) is -0.789. The van der Waals surface area contributed by atoms with Crippen molar-refractivity contribution in [1.29, 1.82) is 0 Å². The van der Waals surface area contributed by atoms with Gasteiger partial charge in [0, 0.05) is 19.5 Å². The van der Waals surface area contributed by atoms with Crippen molar-refractivity contribution in [2.45, 2.75) is 6.42 Å². The lowest BCUT2D eigenvalue weighted by molar-refractivity contribution is -0.126. The van der Waals surface area contributed by atoms with E-state index in [1.165, 1.54) is 0 Å². The maximum atomic E-state index is 10.6. The van der Waals surface area contributed by atoms with E-state index in [1.54, 1.807) is 4.90 Å². The van der Waals surface area contributed by atoms with Gasteiger partial charge in [-0.1, -0.05) is 0 Å². The second-order valence-corrected chi connectivity index (χ2v) is 1.85. The summed E-state index contributed by atoms with van der Waals surface area (Å²) in [6.07, 6.45) is 0.292. The number of nitrogens with zero attached hydrogens (tertiary/aromatic N) is 1. The highest BCUT2D eigenvalue weighted by atomic mass is 16.3. The van der Waals surface area contributed by atoms with E-state index in [4.69, 9.17) is 5.11 Å². The fourth-order valence-corrected chi connectivity index (χ4v) is 0.553. The summed E-state index contributed by atoms with van der Waals surface area (Å²) in [5, 5.41) is 8.27. The van der Waals surface area contributed by atoms with Crippen LogP contribution in [0.25, 0.3) is 0 Å². The Morgan fingerprint density at radius 2 is 2.25 bits per heavy atom. The number of hydrogen-bond donors (Lipinski definition) is 1. The second kappa shape index (κ2) is 2.13. The molecule has 0 bridgehead atoms. The summed E-state index contributed by atoms with van der Waals surface area (Å²) in [5.41, 5.74) is 0. The van der Waals surface area contributed by atoms with Crippen LogP contribution in [0.15, 0.2) is 0 Å². The van der Waals surface area contributed by atoms with Crippen molar-refractivity contribution in [3.63, 3.8) is 0 Å². The van der Waals surface area contributed by atoms with Crippen LogP contribution in [-0.2, 0) is 4.79 Å². The van der Waals surface area contributed by atoms with Gasteiger partial charge in [0.1, 0.15) is 0 Å². The molecular weight excluding hydrogens is 106 g/mol. The zero-order valence-electron chi connectivity index (χ0n) is 4.63. The molecule has 46 valence electrons. The van der Waals surface area contributed by atoms with Crippen molar-refractivity contribution in [2.75, 3.05) is 19.7 Å². The third-order valence-electron chi connectivity index (χ3n) is 1.13. The van der Waals surface area contributed by atoms with Gasteiger partial charge in [0.2, 0.25) is 5.91 Å². The molecule has 0 aromatic heterocycles. The highest BCUT2D eigenvalue weighted by molar-refractivity contribution is 5.78. The van der Waals surface area contributed by atoms with Crippen LogP contribution in [0, 0.1) is 0 Å². The number of aliphatic hydroxyl groups excluding tert-OH is 1. The van der Waals surface area contributed by atoms with Crippen LogP contribution in [-0.4, -0.2) is 35.6 Å². The van der Waals surface area contributed by atoms with Crippen molar-refractivity contribution >= 4 is 5.91 Å². The zero-order valence-corrected chi connectivity index (χ0v) is 4.63. The van der Waals surface area contributed by atoms with Gasteiger partial charge in [-0.2, -0.15) is 0 Å². The molecule has 0 spiro atoms. The smallest absolute Gasteiger partial charge is 0.225 e. The monoisotopic (exact) mass is 115 g/mol. The lowest BCUT2D eigenvalue weighted by atomic mass is 10.4.